The molecule has 5 nitrogen and oxygen atoms in total. The third kappa shape index (κ3) is 5.51. The molecule has 0 aromatic heterocycles. The van der Waals surface area contributed by atoms with Crippen molar-refractivity contribution in [3.8, 4) is 5.75 Å². The van der Waals surface area contributed by atoms with Crippen LogP contribution in [0.2, 0.25) is 5.02 Å². The Kier molecular flexibility index (Phi) is 6.41. The first-order valence-electron chi connectivity index (χ1n) is 7.44. The number of hydrogen-bond donors (Lipinski definition) is 2. The van der Waals surface area contributed by atoms with Crippen LogP contribution in [0.25, 0.3) is 0 Å². The van der Waals surface area contributed by atoms with E-state index in [2.05, 4.69) is 10.1 Å². The average molecular weight is 349 g/mol. The molecule has 128 valence electrons. The van der Waals surface area contributed by atoms with Gasteiger partial charge in [0.1, 0.15) is 5.75 Å². The number of carbonyl (C=O) groups excluding carboxylic acids is 1. The molecule has 1 fully saturated rings. The lowest BCUT2D eigenvalue weighted by Gasteiger charge is -2.23. The molecule has 0 unspecified atom stereocenters. The zero-order valence-corrected chi connectivity index (χ0v) is 13.2. The number of anilines is 1. The van der Waals surface area contributed by atoms with Crippen molar-refractivity contribution >= 4 is 23.3 Å². The summed E-state index contributed by atoms with van der Waals surface area (Å²) >= 11 is 5.86. The van der Waals surface area contributed by atoms with Crippen molar-refractivity contribution in [2.45, 2.75) is 38.3 Å². The van der Waals surface area contributed by atoms with Gasteiger partial charge >= 0.3 is 12.6 Å². The van der Waals surface area contributed by atoms with Crippen molar-refractivity contribution in [1.82, 2.24) is 4.90 Å². The summed E-state index contributed by atoms with van der Waals surface area (Å²) in [5.41, 5.74) is 0.412. The smallest absolute Gasteiger partial charge is 0.387 e. The highest BCUT2D eigenvalue weighted by Crippen LogP contribution is 2.30. The fourth-order valence-corrected chi connectivity index (χ4v) is 2.42. The zero-order chi connectivity index (χ0) is 16.8. The largest absolute Gasteiger partial charge is 0.433 e. The van der Waals surface area contributed by atoms with Gasteiger partial charge in [0.15, 0.2) is 0 Å². The van der Waals surface area contributed by atoms with E-state index in [1.165, 1.54) is 18.2 Å². The molecular weight excluding hydrogens is 330 g/mol. The highest BCUT2D eigenvalue weighted by Gasteiger charge is 2.32. The molecule has 8 heteroatoms. The van der Waals surface area contributed by atoms with Gasteiger partial charge < -0.3 is 20.1 Å². The van der Waals surface area contributed by atoms with E-state index < -0.39 is 6.61 Å². The molecule has 0 radical (unpaired) electrons. The number of aliphatic hydroxyl groups excluding tert-OH is 1. The topological polar surface area (TPSA) is 61.8 Å². The number of benzene rings is 1. The van der Waals surface area contributed by atoms with Crippen LogP contribution in [-0.4, -0.2) is 41.8 Å². The SMILES string of the molecule is O=C(Nc1ccc(OC(F)F)c(Cl)c1)N(CCCCO)C1CC1. The van der Waals surface area contributed by atoms with E-state index in [-0.39, 0.29) is 29.5 Å². The second-order valence-electron chi connectivity index (χ2n) is 5.31. The number of ether oxygens (including phenoxy) is 1. The molecule has 1 aromatic rings. The summed E-state index contributed by atoms with van der Waals surface area (Å²) < 4.78 is 28.6. The number of unbranched alkanes of at least 4 members (excludes halogenated alkanes) is 1. The molecule has 0 heterocycles. The quantitative estimate of drug-likeness (QED) is 0.704. The van der Waals surface area contributed by atoms with Crippen molar-refractivity contribution < 1.29 is 23.4 Å². The van der Waals surface area contributed by atoms with Gasteiger partial charge in [-0.3, -0.25) is 0 Å². The molecule has 0 bridgehead atoms. The molecule has 1 aliphatic carbocycles. The summed E-state index contributed by atoms with van der Waals surface area (Å²) in [5, 5.41) is 11.5. The van der Waals surface area contributed by atoms with Crippen LogP contribution >= 0.6 is 11.6 Å². The van der Waals surface area contributed by atoms with E-state index in [9.17, 15) is 13.6 Å². The first kappa shape index (κ1) is 17.7. The lowest BCUT2D eigenvalue weighted by molar-refractivity contribution is -0.0497. The highest BCUT2D eigenvalue weighted by atomic mass is 35.5. The third-order valence-corrected chi connectivity index (χ3v) is 3.75. The van der Waals surface area contributed by atoms with Crippen LogP contribution in [0, 0.1) is 0 Å². The lowest BCUT2D eigenvalue weighted by Crippen LogP contribution is -2.37. The van der Waals surface area contributed by atoms with Crippen molar-refractivity contribution in [3.05, 3.63) is 23.2 Å². The Bertz CT molecular complexity index is 541. The minimum atomic E-state index is -2.95. The number of aliphatic hydroxyl groups is 1. The number of amides is 2. The number of nitrogens with one attached hydrogen (secondary N) is 1. The fourth-order valence-electron chi connectivity index (χ4n) is 2.20. The molecule has 0 aliphatic heterocycles. The van der Waals surface area contributed by atoms with Crippen LogP contribution in [0.5, 0.6) is 5.75 Å². The Morgan fingerprint density at radius 3 is 2.74 bits per heavy atom. The summed E-state index contributed by atoms with van der Waals surface area (Å²) in [4.78, 5) is 14.0. The van der Waals surface area contributed by atoms with Gasteiger partial charge in [-0.25, -0.2) is 4.79 Å². The van der Waals surface area contributed by atoms with Gasteiger partial charge in [0.25, 0.3) is 0 Å². The Labute approximate surface area is 138 Å². The number of alkyl halides is 2. The molecule has 2 amide bonds. The van der Waals surface area contributed by atoms with Gasteiger partial charge in [-0.05, 0) is 43.9 Å². The highest BCUT2D eigenvalue weighted by molar-refractivity contribution is 6.32. The Morgan fingerprint density at radius 2 is 2.17 bits per heavy atom. The fraction of sp³-hybridized carbons (Fsp3) is 0.533. The first-order valence-corrected chi connectivity index (χ1v) is 7.82. The van der Waals surface area contributed by atoms with Gasteiger partial charge in [-0.1, -0.05) is 11.6 Å². The summed E-state index contributed by atoms with van der Waals surface area (Å²) in [5.74, 6) is -0.137. The Morgan fingerprint density at radius 1 is 1.43 bits per heavy atom. The van der Waals surface area contributed by atoms with Crippen molar-refractivity contribution in [2.24, 2.45) is 0 Å². The average Bonchev–Trinajstić information content (AvgIpc) is 3.30. The Balaban J connectivity index is 1.96. The summed E-state index contributed by atoms with van der Waals surface area (Å²) in [6.45, 7) is -2.29. The van der Waals surface area contributed by atoms with Crippen LogP contribution in [0.15, 0.2) is 18.2 Å². The van der Waals surface area contributed by atoms with Crippen molar-refractivity contribution in [3.63, 3.8) is 0 Å². The number of halogens is 3. The Hall–Kier alpha value is -1.60. The number of urea groups is 1. The summed E-state index contributed by atoms with van der Waals surface area (Å²) in [6, 6.07) is 4.09. The van der Waals surface area contributed by atoms with E-state index in [1.807, 2.05) is 0 Å². The van der Waals surface area contributed by atoms with Gasteiger partial charge in [-0.2, -0.15) is 8.78 Å². The molecule has 23 heavy (non-hydrogen) atoms. The number of rotatable bonds is 8. The maximum Gasteiger partial charge on any atom is 0.387 e. The van der Waals surface area contributed by atoms with Crippen LogP contribution in [0.1, 0.15) is 25.7 Å². The van der Waals surface area contributed by atoms with Crippen molar-refractivity contribution in [2.75, 3.05) is 18.5 Å². The van der Waals surface area contributed by atoms with Crippen LogP contribution in [-0.2, 0) is 0 Å². The lowest BCUT2D eigenvalue weighted by atomic mass is 10.3. The standard InChI is InChI=1S/C15H19ClF2N2O3/c16-12-9-10(3-6-13(12)23-14(17)18)19-15(22)20(11-4-5-11)7-1-2-8-21/h3,6,9,11,14,21H,1-2,4-5,7-8H2,(H,19,22). The molecule has 0 atom stereocenters. The van der Waals surface area contributed by atoms with E-state index in [0.29, 0.717) is 18.7 Å². The molecule has 0 spiro atoms. The first-order chi connectivity index (χ1) is 11.0. The van der Waals surface area contributed by atoms with Gasteiger partial charge in [-0.15, -0.1) is 0 Å². The minimum absolute atomic E-state index is 0.00125. The second kappa shape index (κ2) is 8.31. The van der Waals surface area contributed by atoms with Crippen LogP contribution in [0.3, 0.4) is 0 Å². The summed E-state index contributed by atoms with van der Waals surface area (Å²) in [6.07, 6.45) is 3.30. The molecular formula is C15H19ClF2N2O3. The van der Waals surface area contributed by atoms with Gasteiger partial charge in [0.2, 0.25) is 0 Å². The van der Waals surface area contributed by atoms with Gasteiger partial charge in [0.05, 0.1) is 5.02 Å². The molecule has 2 N–H and O–H groups in total. The maximum absolute atomic E-state index is 12.3. The predicted octanol–water partition coefficient (Wildman–Crippen LogP) is 3.71. The molecule has 2 rings (SSSR count). The predicted molar refractivity (Wildman–Crippen MR) is 83.2 cm³/mol. The van der Waals surface area contributed by atoms with Gasteiger partial charge in [0, 0.05) is 24.9 Å². The normalized spacial score (nSPS) is 14.0. The zero-order valence-electron chi connectivity index (χ0n) is 12.5. The van der Waals surface area contributed by atoms with E-state index in [0.717, 1.165) is 19.3 Å². The maximum atomic E-state index is 12.3. The number of hydrogen-bond acceptors (Lipinski definition) is 3. The molecule has 1 aromatic carbocycles. The number of nitrogens with zero attached hydrogens (tertiary/aromatic N) is 1. The third-order valence-electron chi connectivity index (χ3n) is 3.45. The second-order valence-corrected chi connectivity index (χ2v) is 5.72. The van der Waals surface area contributed by atoms with E-state index in [1.54, 1.807) is 4.90 Å². The molecule has 1 aliphatic rings. The monoisotopic (exact) mass is 348 g/mol. The minimum Gasteiger partial charge on any atom is -0.433 e. The van der Waals surface area contributed by atoms with Crippen LogP contribution < -0.4 is 10.1 Å². The summed E-state index contributed by atoms with van der Waals surface area (Å²) in [7, 11) is 0. The number of carbonyl (C=O) groups is 1. The molecule has 0 saturated heterocycles. The molecule has 1 saturated carbocycles. The van der Waals surface area contributed by atoms with E-state index >= 15 is 0 Å². The van der Waals surface area contributed by atoms with Crippen molar-refractivity contribution in [1.29, 1.82) is 0 Å². The van der Waals surface area contributed by atoms with Crippen LogP contribution in [0.4, 0.5) is 19.3 Å². The van der Waals surface area contributed by atoms with E-state index in [4.69, 9.17) is 16.7 Å².